The quantitative estimate of drug-likeness (QED) is 0.637. The number of amides is 4. The van der Waals surface area contributed by atoms with Crippen LogP contribution in [0.25, 0.3) is 0 Å². The van der Waals surface area contributed by atoms with Crippen molar-refractivity contribution in [3.8, 4) is 0 Å². The predicted octanol–water partition coefficient (Wildman–Crippen LogP) is 0.610. The summed E-state index contributed by atoms with van der Waals surface area (Å²) in [6.45, 7) is 0.382. The van der Waals surface area contributed by atoms with Gasteiger partial charge in [-0.15, -0.1) is 11.3 Å². The van der Waals surface area contributed by atoms with E-state index >= 15 is 0 Å². The van der Waals surface area contributed by atoms with Crippen molar-refractivity contribution in [1.29, 1.82) is 0 Å². The van der Waals surface area contributed by atoms with Gasteiger partial charge in [-0.1, -0.05) is 0 Å². The molecule has 2 rings (SSSR count). The molecule has 0 bridgehead atoms. The number of nitrogens with zero attached hydrogens (tertiary/aromatic N) is 1. The molecule has 1 atom stereocenters. The Kier molecular flexibility index (Phi) is 5.57. The first kappa shape index (κ1) is 15.8. The van der Waals surface area contributed by atoms with E-state index in [1.165, 1.54) is 0 Å². The molecule has 1 fully saturated rings. The molecule has 1 unspecified atom stereocenters. The van der Waals surface area contributed by atoms with Crippen molar-refractivity contribution < 1.29 is 14.4 Å². The summed E-state index contributed by atoms with van der Waals surface area (Å²) >= 11 is 3.28. The third kappa shape index (κ3) is 4.71. The van der Waals surface area contributed by atoms with E-state index in [0.717, 1.165) is 16.5 Å². The highest BCUT2D eigenvalue weighted by Crippen LogP contribution is 2.14. The van der Waals surface area contributed by atoms with E-state index in [4.69, 9.17) is 0 Å². The summed E-state index contributed by atoms with van der Waals surface area (Å²) in [6, 6.07) is -1.12. The SMILES string of the molecule is CSCc1nc(CNC(=O)CCC2NC(=O)NC2=O)cs1. The van der Waals surface area contributed by atoms with Gasteiger partial charge < -0.3 is 10.6 Å². The number of carbonyl (C=O) groups excluding carboxylic acids is 3. The number of carbonyl (C=O) groups is 3. The van der Waals surface area contributed by atoms with Crippen LogP contribution in [0.2, 0.25) is 0 Å². The molecule has 1 aliphatic heterocycles. The molecule has 1 aliphatic rings. The Morgan fingerprint density at radius 2 is 2.33 bits per heavy atom. The van der Waals surface area contributed by atoms with Crippen LogP contribution in [0.3, 0.4) is 0 Å². The van der Waals surface area contributed by atoms with Crippen molar-refractivity contribution in [2.75, 3.05) is 6.26 Å². The first-order valence-electron chi connectivity index (χ1n) is 6.38. The average Bonchev–Trinajstić information content (AvgIpc) is 3.01. The molecule has 3 N–H and O–H groups in total. The van der Waals surface area contributed by atoms with Crippen LogP contribution in [0.15, 0.2) is 5.38 Å². The van der Waals surface area contributed by atoms with Crippen LogP contribution in [0.4, 0.5) is 4.79 Å². The standard InChI is InChI=1S/C12H16N4O3S2/c1-20-6-10-14-7(5-21-10)4-13-9(17)3-2-8-11(18)16-12(19)15-8/h5,8H,2-4,6H2,1H3,(H,13,17)(H2,15,16,18,19). The van der Waals surface area contributed by atoms with E-state index in [1.54, 1.807) is 23.1 Å². The van der Waals surface area contributed by atoms with Crippen molar-refractivity contribution in [3.05, 3.63) is 16.1 Å². The highest BCUT2D eigenvalue weighted by atomic mass is 32.2. The molecule has 0 aliphatic carbocycles. The highest BCUT2D eigenvalue weighted by molar-refractivity contribution is 7.97. The van der Waals surface area contributed by atoms with E-state index in [0.29, 0.717) is 6.54 Å². The van der Waals surface area contributed by atoms with Crippen molar-refractivity contribution >= 4 is 40.9 Å². The fourth-order valence-corrected chi connectivity index (χ4v) is 3.35. The second-order valence-electron chi connectivity index (χ2n) is 4.50. The summed E-state index contributed by atoms with van der Waals surface area (Å²) in [5.41, 5.74) is 0.837. The molecule has 0 spiro atoms. The lowest BCUT2D eigenvalue weighted by atomic mass is 10.1. The maximum Gasteiger partial charge on any atom is 0.322 e. The number of aromatic nitrogens is 1. The molecule has 0 aromatic carbocycles. The van der Waals surface area contributed by atoms with Crippen LogP contribution in [0, 0.1) is 0 Å². The van der Waals surface area contributed by atoms with E-state index < -0.39 is 12.1 Å². The van der Waals surface area contributed by atoms with Gasteiger partial charge in [-0.3, -0.25) is 14.9 Å². The first-order chi connectivity index (χ1) is 10.1. The van der Waals surface area contributed by atoms with Crippen molar-refractivity contribution in [2.45, 2.75) is 31.2 Å². The van der Waals surface area contributed by atoms with Crippen LogP contribution in [0.1, 0.15) is 23.5 Å². The van der Waals surface area contributed by atoms with E-state index in [9.17, 15) is 14.4 Å². The number of hydrogen-bond donors (Lipinski definition) is 3. The molecule has 1 aromatic rings. The van der Waals surface area contributed by atoms with Crippen LogP contribution >= 0.6 is 23.1 Å². The van der Waals surface area contributed by atoms with Gasteiger partial charge in [0.1, 0.15) is 11.0 Å². The largest absolute Gasteiger partial charge is 0.350 e. The van der Waals surface area contributed by atoms with Gasteiger partial charge in [-0.2, -0.15) is 11.8 Å². The normalized spacial score (nSPS) is 17.5. The van der Waals surface area contributed by atoms with E-state index in [-0.39, 0.29) is 24.7 Å². The lowest BCUT2D eigenvalue weighted by Gasteiger charge is -2.07. The van der Waals surface area contributed by atoms with Crippen LogP contribution in [-0.4, -0.2) is 35.1 Å². The van der Waals surface area contributed by atoms with Gasteiger partial charge in [-0.05, 0) is 12.7 Å². The Balaban J connectivity index is 1.69. The van der Waals surface area contributed by atoms with Crippen LogP contribution < -0.4 is 16.0 Å². The van der Waals surface area contributed by atoms with Crippen molar-refractivity contribution in [3.63, 3.8) is 0 Å². The molecule has 2 heterocycles. The average molecular weight is 328 g/mol. The predicted molar refractivity (Wildman–Crippen MR) is 80.9 cm³/mol. The van der Waals surface area contributed by atoms with Gasteiger partial charge in [0, 0.05) is 17.6 Å². The van der Waals surface area contributed by atoms with Crippen molar-refractivity contribution in [1.82, 2.24) is 20.9 Å². The number of nitrogens with one attached hydrogen (secondary N) is 3. The lowest BCUT2D eigenvalue weighted by Crippen LogP contribution is -2.31. The van der Waals surface area contributed by atoms with Gasteiger partial charge in [-0.25, -0.2) is 9.78 Å². The Hall–Kier alpha value is -1.61. The van der Waals surface area contributed by atoms with Gasteiger partial charge in [0.05, 0.1) is 12.2 Å². The fraction of sp³-hybridized carbons (Fsp3) is 0.500. The lowest BCUT2D eigenvalue weighted by molar-refractivity contribution is -0.122. The van der Waals surface area contributed by atoms with Crippen LogP contribution in [0.5, 0.6) is 0 Å². The molecule has 4 amide bonds. The number of rotatable bonds is 7. The minimum absolute atomic E-state index is 0.164. The molecular formula is C12H16N4O3S2. The number of hydrogen-bond acceptors (Lipinski definition) is 6. The monoisotopic (exact) mass is 328 g/mol. The molecule has 0 radical (unpaired) electrons. The molecule has 21 heavy (non-hydrogen) atoms. The van der Waals surface area contributed by atoms with Gasteiger partial charge in [0.15, 0.2) is 0 Å². The third-order valence-electron chi connectivity index (χ3n) is 2.85. The Bertz CT molecular complexity index is 546. The molecule has 0 saturated carbocycles. The summed E-state index contributed by atoms with van der Waals surface area (Å²) in [6.07, 6.45) is 2.49. The molecule has 114 valence electrons. The number of imide groups is 1. The maximum atomic E-state index is 11.7. The zero-order chi connectivity index (χ0) is 15.2. The number of thiazole rings is 1. The Morgan fingerprint density at radius 1 is 1.52 bits per heavy atom. The third-order valence-corrected chi connectivity index (χ3v) is 4.49. The topological polar surface area (TPSA) is 100 Å². The fourth-order valence-electron chi connectivity index (χ4n) is 1.83. The molecular weight excluding hydrogens is 312 g/mol. The maximum absolute atomic E-state index is 11.7. The summed E-state index contributed by atoms with van der Waals surface area (Å²) in [5.74, 6) is 0.326. The summed E-state index contributed by atoms with van der Waals surface area (Å²) in [5, 5.41) is 10.3. The van der Waals surface area contributed by atoms with Gasteiger partial charge >= 0.3 is 6.03 Å². The zero-order valence-corrected chi connectivity index (χ0v) is 13.1. The molecule has 1 aromatic heterocycles. The summed E-state index contributed by atoms with van der Waals surface area (Å²) < 4.78 is 0. The minimum Gasteiger partial charge on any atom is -0.350 e. The molecule has 1 saturated heterocycles. The zero-order valence-electron chi connectivity index (χ0n) is 11.5. The van der Waals surface area contributed by atoms with E-state index in [1.807, 2.05) is 11.6 Å². The number of urea groups is 1. The Labute approximate surface area is 130 Å². The van der Waals surface area contributed by atoms with Crippen LogP contribution in [-0.2, 0) is 21.9 Å². The van der Waals surface area contributed by atoms with Crippen molar-refractivity contribution in [2.24, 2.45) is 0 Å². The van der Waals surface area contributed by atoms with Gasteiger partial charge in [0.25, 0.3) is 5.91 Å². The minimum atomic E-state index is -0.615. The second-order valence-corrected chi connectivity index (χ2v) is 6.30. The molecule has 9 heteroatoms. The summed E-state index contributed by atoms with van der Waals surface area (Å²) in [7, 11) is 0. The number of thioether (sulfide) groups is 1. The summed E-state index contributed by atoms with van der Waals surface area (Å²) in [4.78, 5) is 38.3. The smallest absolute Gasteiger partial charge is 0.322 e. The van der Waals surface area contributed by atoms with Gasteiger partial charge in [0.2, 0.25) is 5.91 Å². The van der Waals surface area contributed by atoms with E-state index in [2.05, 4.69) is 20.9 Å². The first-order valence-corrected chi connectivity index (χ1v) is 8.66. The molecule has 7 nitrogen and oxygen atoms in total. The highest BCUT2D eigenvalue weighted by Gasteiger charge is 2.29. The second kappa shape index (κ2) is 7.41. The Morgan fingerprint density at radius 3 is 3.00 bits per heavy atom.